The first kappa shape index (κ1) is 27.5. The van der Waals surface area contributed by atoms with Crippen molar-refractivity contribution in [3.05, 3.63) is 45.7 Å². The number of aliphatic carboxylic acids is 3. The molecule has 0 saturated heterocycles. The van der Waals surface area contributed by atoms with Crippen LogP contribution in [0.1, 0.15) is 17.7 Å². The van der Waals surface area contributed by atoms with Crippen LogP contribution in [0.3, 0.4) is 0 Å². The van der Waals surface area contributed by atoms with Crippen LogP contribution in [-0.2, 0) is 20.9 Å². The molecule has 0 unspecified atom stereocenters. The standard InChI is InChI=1S/C14H19ClN3S.C6H8O7/c1-18(2,14-5-3-4-8-17-14)10-9-16-11-12-6-7-13(15)19-12;7-3(8)1-6(13,5(11)12)2-4(9)10/h3-8,16H,9-11H2,1-2H3;13H,1-2H2,(H,7,8)(H,9,10)(H,11,12)/q+1;. The molecule has 32 heavy (non-hydrogen) atoms. The number of likely N-dealkylation sites (N-methyl/N-ethyl adjacent to an activating group) is 1. The molecule has 2 rings (SSSR count). The third-order valence-corrected chi connectivity index (χ3v) is 5.56. The van der Waals surface area contributed by atoms with Gasteiger partial charge in [-0.05, 0) is 18.2 Å². The first-order chi connectivity index (χ1) is 14.9. The Labute approximate surface area is 194 Å². The van der Waals surface area contributed by atoms with Gasteiger partial charge in [0.05, 0.1) is 37.8 Å². The number of quaternary nitrogens is 1. The Bertz CT molecular complexity index is 890. The van der Waals surface area contributed by atoms with Gasteiger partial charge in [-0.25, -0.2) is 9.78 Å². The minimum atomic E-state index is -2.74. The predicted octanol–water partition coefficient (Wildman–Crippen LogP) is 1.90. The van der Waals surface area contributed by atoms with E-state index in [0.717, 1.165) is 34.3 Å². The lowest BCUT2D eigenvalue weighted by Crippen LogP contribution is -2.45. The van der Waals surface area contributed by atoms with Gasteiger partial charge in [0.25, 0.3) is 0 Å². The van der Waals surface area contributed by atoms with E-state index >= 15 is 0 Å². The van der Waals surface area contributed by atoms with Crippen LogP contribution in [0.5, 0.6) is 0 Å². The Morgan fingerprint density at radius 2 is 1.72 bits per heavy atom. The molecule has 0 aliphatic carbocycles. The molecule has 12 heteroatoms. The van der Waals surface area contributed by atoms with Crippen LogP contribution in [0.25, 0.3) is 0 Å². The van der Waals surface area contributed by atoms with E-state index in [-0.39, 0.29) is 0 Å². The summed E-state index contributed by atoms with van der Waals surface area (Å²) in [7, 11) is 4.35. The molecule has 0 atom stereocenters. The van der Waals surface area contributed by atoms with Gasteiger partial charge in [0.2, 0.25) is 5.82 Å². The lowest BCUT2D eigenvalue weighted by atomic mass is 9.96. The normalized spacial score (nSPS) is 11.4. The van der Waals surface area contributed by atoms with Crippen LogP contribution in [0.15, 0.2) is 36.5 Å². The van der Waals surface area contributed by atoms with E-state index in [1.54, 1.807) is 11.3 Å². The molecule has 0 aromatic carbocycles. The van der Waals surface area contributed by atoms with Gasteiger partial charge < -0.3 is 25.7 Å². The van der Waals surface area contributed by atoms with Crippen LogP contribution >= 0.6 is 22.9 Å². The zero-order chi connectivity index (χ0) is 24.4. The lowest BCUT2D eigenvalue weighted by Gasteiger charge is -2.27. The molecule has 0 amide bonds. The number of nitrogens with zero attached hydrogens (tertiary/aromatic N) is 2. The number of carbonyl (C=O) groups is 3. The molecule has 5 N–H and O–H groups in total. The lowest BCUT2D eigenvalue weighted by molar-refractivity contribution is -0.170. The monoisotopic (exact) mass is 488 g/mol. The van der Waals surface area contributed by atoms with E-state index in [4.69, 9.17) is 32.0 Å². The number of thiophene rings is 1. The predicted molar refractivity (Wildman–Crippen MR) is 121 cm³/mol. The Morgan fingerprint density at radius 3 is 2.16 bits per heavy atom. The third-order valence-electron chi connectivity index (χ3n) is 4.33. The maximum Gasteiger partial charge on any atom is 0.336 e. The highest BCUT2D eigenvalue weighted by Gasteiger charge is 2.40. The maximum absolute atomic E-state index is 10.3. The molecule has 2 aromatic rings. The second-order valence-electron chi connectivity index (χ2n) is 7.46. The second kappa shape index (κ2) is 12.5. The highest BCUT2D eigenvalue weighted by atomic mass is 35.5. The molecule has 0 radical (unpaired) electrons. The molecule has 0 aliphatic heterocycles. The Hall–Kier alpha value is -2.57. The molecule has 0 saturated carbocycles. The second-order valence-corrected chi connectivity index (χ2v) is 9.26. The quantitative estimate of drug-likeness (QED) is 0.235. The third kappa shape index (κ3) is 9.71. The summed E-state index contributed by atoms with van der Waals surface area (Å²) < 4.78 is 1.63. The number of nitrogens with one attached hydrogen (secondary N) is 1. The van der Waals surface area contributed by atoms with Gasteiger partial charge in [0, 0.05) is 30.2 Å². The average molecular weight is 489 g/mol. The van der Waals surface area contributed by atoms with E-state index in [9.17, 15) is 14.4 Å². The maximum atomic E-state index is 10.3. The number of rotatable bonds is 11. The summed E-state index contributed by atoms with van der Waals surface area (Å²) in [6, 6.07) is 10.1. The number of pyridine rings is 1. The summed E-state index contributed by atoms with van der Waals surface area (Å²) >= 11 is 7.53. The fraction of sp³-hybridized carbons (Fsp3) is 0.400. The van der Waals surface area contributed by atoms with E-state index in [1.165, 1.54) is 4.88 Å². The zero-order valence-corrected chi connectivity index (χ0v) is 19.3. The summed E-state index contributed by atoms with van der Waals surface area (Å²) in [6.45, 7) is 2.81. The minimum Gasteiger partial charge on any atom is -0.481 e. The highest BCUT2D eigenvalue weighted by Crippen LogP contribution is 2.21. The summed E-state index contributed by atoms with van der Waals surface area (Å²) in [5.74, 6) is -3.93. The number of carboxylic acid groups (broad SMARTS) is 3. The van der Waals surface area contributed by atoms with Crippen LogP contribution in [-0.4, -0.2) is 76.1 Å². The molecule has 10 nitrogen and oxygen atoms in total. The van der Waals surface area contributed by atoms with E-state index < -0.39 is 36.4 Å². The Morgan fingerprint density at radius 1 is 1.09 bits per heavy atom. The van der Waals surface area contributed by atoms with Gasteiger partial charge in [-0.2, -0.15) is 0 Å². The van der Waals surface area contributed by atoms with E-state index in [2.05, 4.69) is 36.5 Å². The van der Waals surface area contributed by atoms with Crippen molar-refractivity contribution in [2.45, 2.75) is 25.0 Å². The molecule has 2 heterocycles. The van der Waals surface area contributed by atoms with Crippen LogP contribution in [0.2, 0.25) is 4.34 Å². The number of halogens is 1. The van der Waals surface area contributed by atoms with Crippen molar-refractivity contribution in [1.82, 2.24) is 14.8 Å². The molecule has 176 valence electrons. The Kier molecular flexibility index (Phi) is 10.7. The first-order valence-corrected chi connectivity index (χ1v) is 10.6. The van der Waals surface area contributed by atoms with Gasteiger partial charge in [-0.15, -0.1) is 11.3 Å². The molecular formula is C20H27ClN3O7S+. The topological polar surface area (TPSA) is 157 Å². The zero-order valence-electron chi connectivity index (χ0n) is 17.7. The molecule has 0 spiro atoms. The van der Waals surface area contributed by atoms with Gasteiger partial charge >= 0.3 is 17.9 Å². The molecule has 0 aliphatic rings. The summed E-state index contributed by atoms with van der Waals surface area (Å²) in [6.07, 6.45) is -0.445. The summed E-state index contributed by atoms with van der Waals surface area (Å²) in [4.78, 5) is 36.2. The largest absolute Gasteiger partial charge is 0.481 e. The van der Waals surface area contributed by atoms with Crippen molar-refractivity contribution < 1.29 is 34.8 Å². The van der Waals surface area contributed by atoms with Crippen molar-refractivity contribution >= 4 is 46.7 Å². The van der Waals surface area contributed by atoms with Crippen molar-refractivity contribution in [2.24, 2.45) is 0 Å². The molecule has 0 fully saturated rings. The van der Waals surface area contributed by atoms with Crippen molar-refractivity contribution in [2.75, 3.05) is 27.2 Å². The van der Waals surface area contributed by atoms with Crippen LogP contribution in [0.4, 0.5) is 5.82 Å². The number of hydrogen-bond acceptors (Lipinski definition) is 7. The first-order valence-electron chi connectivity index (χ1n) is 9.44. The van der Waals surface area contributed by atoms with E-state index in [0.29, 0.717) is 0 Å². The molecule has 0 bridgehead atoms. The smallest absolute Gasteiger partial charge is 0.336 e. The van der Waals surface area contributed by atoms with Crippen LogP contribution in [0, 0.1) is 0 Å². The van der Waals surface area contributed by atoms with Crippen molar-refractivity contribution in [3.63, 3.8) is 0 Å². The van der Waals surface area contributed by atoms with Gasteiger partial charge in [-0.1, -0.05) is 17.7 Å². The number of carboxylic acids is 3. The van der Waals surface area contributed by atoms with Crippen LogP contribution < -0.4 is 9.80 Å². The summed E-state index contributed by atoms with van der Waals surface area (Å²) in [5, 5.41) is 37.3. The minimum absolute atomic E-state index is 0.777. The van der Waals surface area contributed by atoms with Gasteiger partial charge in [0.15, 0.2) is 5.60 Å². The number of aromatic nitrogens is 1. The fourth-order valence-electron chi connectivity index (χ4n) is 2.56. The van der Waals surface area contributed by atoms with Crippen molar-refractivity contribution in [3.8, 4) is 0 Å². The van der Waals surface area contributed by atoms with Gasteiger partial charge in [0.1, 0.15) is 0 Å². The fourth-order valence-corrected chi connectivity index (χ4v) is 3.61. The Balaban J connectivity index is 0.000000347. The molecule has 2 aromatic heterocycles. The van der Waals surface area contributed by atoms with E-state index in [1.807, 2.05) is 24.4 Å². The summed E-state index contributed by atoms with van der Waals surface area (Å²) in [5.41, 5.74) is -2.74. The number of aliphatic hydroxyl groups is 1. The number of hydrogen-bond donors (Lipinski definition) is 5. The van der Waals surface area contributed by atoms with Gasteiger partial charge in [-0.3, -0.25) is 14.1 Å². The molecular weight excluding hydrogens is 462 g/mol. The SMILES string of the molecule is C[N+](C)(CCNCc1ccc(Cl)s1)c1ccccn1.O=C(O)CC(O)(CC(=O)O)C(=O)O. The average Bonchev–Trinajstić information content (AvgIpc) is 3.10. The highest BCUT2D eigenvalue weighted by molar-refractivity contribution is 7.16. The van der Waals surface area contributed by atoms with Crippen molar-refractivity contribution in [1.29, 1.82) is 0 Å².